The van der Waals surface area contributed by atoms with Gasteiger partial charge in [0.15, 0.2) is 0 Å². The summed E-state index contributed by atoms with van der Waals surface area (Å²) in [6, 6.07) is 0.182. The molecule has 0 radical (unpaired) electrons. The quantitative estimate of drug-likeness (QED) is 0.755. The van der Waals surface area contributed by atoms with E-state index in [9.17, 15) is 9.90 Å². The normalized spacial score (nSPS) is 43.7. The molecular weight excluding hydrogens is 214 g/mol. The molecule has 3 unspecified atom stereocenters. The van der Waals surface area contributed by atoms with E-state index in [-0.39, 0.29) is 6.04 Å². The topological polar surface area (TPSA) is 40.5 Å². The second-order valence-corrected chi connectivity index (χ2v) is 6.17. The van der Waals surface area contributed by atoms with Crippen molar-refractivity contribution in [1.82, 2.24) is 4.90 Å². The van der Waals surface area contributed by atoms with Gasteiger partial charge in [-0.25, -0.2) is 0 Å². The summed E-state index contributed by atoms with van der Waals surface area (Å²) < 4.78 is 0. The van der Waals surface area contributed by atoms with Crippen molar-refractivity contribution in [2.24, 2.45) is 5.92 Å². The van der Waals surface area contributed by atoms with Crippen molar-refractivity contribution in [2.45, 2.75) is 63.0 Å². The summed E-state index contributed by atoms with van der Waals surface area (Å²) in [7, 11) is 0. The maximum atomic E-state index is 11.8. The highest BCUT2D eigenvalue weighted by atomic mass is 16.3. The zero-order chi connectivity index (χ0) is 11.9. The van der Waals surface area contributed by atoms with E-state index in [0.717, 1.165) is 51.6 Å². The van der Waals surface area contributed by atoms with E-state index in [1.165, 1.54) is 12.8 Å². The molecule has 0 amide bonds. The molecule has 1 saturated heterocycles. The van der Waals surface area contributed by atoms with Gasteiger partial charge < -0.3 is 5.11 Å². The van der Waals surface area contributed by atoms with Gasteiger partial charge in [0.1, 0.15) is 5.78 Å². The molecule has 2 aliphatic carbocycles. The Morgan fingerprint density at radius 2 is 2.06 bits per heavy atom. The molecule has 0 aromatic heterocycles. The Hall–Kier alpha value is -0.410. The van der Waals surface area contributed by atoms with Gasteiger partial charge >= 0.3 is 0 Å². The molecule has 17 heavy (non-hydrogen) atoms. The third-order valence-electron chi connectivity index (χ3n) is 5.17. The number of carbonyl (C=O) groups is 1. The molecule has 1 N–H and O–H groups in total. The molecule has 0 aromatic rings. The number of aliphatic hydroxyl groups is 1. The lowest BCUT2D eigenvalue weighted by Gasteiger charge is -2.48. The highest BCUT2D eigenvalue weighted by molar-refractivity contribution is 5.85. The molecule has 3 heteroatoms. The van der Waals surface area contributed by atoms with Crippen molar-refractivity contribution >= 4 is 5.78 Å². The molecule has 96 valence electrons. The summed E-state index contributed by atoms with van der Waals surface area (Å²) in [4.78, 5) is 14.2. The van der Waals surface area contributed by atoms with Crippen molar-refractivity contribution in [1.29, 1.82) is 0 Å². The van der Waals surface area contributed by atoms with Crippen molar-refractivity contribution < 1.29 is 9.90 Å². The Kier molecular flexibility index (Phi) is 2.99. The van der Waals surface area contributed by atoms with Crippen molar-refractivity contribution in [3.05, 3.63) is 0 Å². The number of carbonyl (C=O) groups excluding carboxylic acids is 1. The van der Waals surface area contributed by atoms with E-state index < -0.39 is 5.60 Å². The Bertz CT molecular complexity index is 317. The number of hydrogen-bond donors (Lipinski definition) is 1. The molecule has 0 bridgehead atoms. The molecule has 3 atom stereocenters. The average molecular weight is 237 g/mol. The first kappa shape index (κ1) is 11.7. The van der Waals surface area contributed by atoms with Crippen LogP contribution in [0.3, 0.4) is 0 Å². The van der Waals surface area contributed by atoms with Gasteiger partial charge in [0.25, 0.3) is 0 Å². The molecule has 1 heterocycles. The van der Waals surface area contributed by atoms with Crippen molar-refractivity contribution in [3.8, 4) is 0 Å². The highest BCUT2D eigenvalue weighted by Gasteiger charge is 2.45. The fourth-order valence-electron chi connectivity index (χ4n) is 4.06. The van der Waals surface area contributed by atoms with Gasteiger partial charge in [-0.1, -0.05) is 12.8 Å². The summed E-state index contributed by atoms with van der Waals surface area (Å²) >= 11 is 0. The summed E-state index contributed by atoms with van der Waals surface area (Å²) in [5.41, 5.74) is -0.406. The molecule has 0 aromatic carbocycles. The van der Waals surface area contributed by atoms with Crippen LogP contribution >= 0.6 is 0 Å². The van der Waals surface area contributed by atoms with Crippen LogP contribution in [0, 0.1) is 5.92 Å². The summed E-state index contributed by atoms with van der Waals surface area (Å²) in [6.07, 6.45) is 8.31. The van der Waals surface area contributed by atoms with Crippen LogP contribution in [-0.4, -0.2) is 40.5 Å². The highest BCUT2D eigenvalue weighted by Crippen LogP contribution is 2.41. The third-order valence-corrected chi connectivity index (χ3v) is 5.17. The van der Waals surface area contributed by atoms with Gasteiger partial charge in [-0.15, -0.1) is 0 Å². The maximum absolute atomic E-state index is 11.8. The minimum Gasteiger partial charge on any atom is -0.390 e. The van der Waals surface area contributed by atoms with Gasteiger partial charge in [-0.05, 0) is 32.1 Å². The largest absolute Gasteiger partial charge is 0.390 e. The maximum Gasteiger partial charge on any atom is 0.149 e. The van der Waals surface area contributed by atoms with E-state index in [1.807, 2.05) is 0 Å². The predicted octanol–water partition coefficient (Wildman–Crippen LogP) is 1.73. The zero-order valence-electron chi connectivity index (χ0n) is 10.5. The Labute approximate surface area is 103 Å². The molecule has 3 aliphatic rings. The van der Waals surface area contributed by atoms with Gasteiger partial charge in [-0.3, -0.25) is 9.69 Å². The number of ketones is 1. The SMILES string of the molecule is O=C1CCCC1N1CCC2(O)CCCCC2C1. The van der Waals surface area contributed by atoms with Crippen molar-refractivity contribution in [3.63, 3.8) is 0 Å². The number of likely N-dealkylation sites (tertiary alicyclic amines) is 1. The molecule has 3 rings (SSSR count). The molecule has 3 fully saturated rings. The lowest BCUT2D eigenvalue weighted by atomic mass is 9.71. The molecular formula is C14H23NO2. The fourth-order valence-corrected chi connectivity index (χ4v) is 4.06. The molecule has 0 spiro atoms. The summed E-state index contributed by atoms with van der Waals surface area (Å²) in [5.74, 6) is 0.852. The minimum atomic E-state index is -0.406. The lowest BCUT2D eigenvalue weighted by molar-refractivity contribution is -0.129. The van der Waals surface area contributed by atoms with Crippen LogP contribution in [-0.2, 0) is 4.79 Å². The van der Waals surface area contributed by atoms with Crippen LogP contribution < -0.4 is 0 Å². The number of Topliss-reactive ketones (excluding diaryl/α,β-unsaturated/α-hetero) is 1. The Balaban J connectivity index is 1.69. The molecule has 1 aliphatic heterocycles. The smallest absolute Gasteiger partial charge is 0.149 e. The van der Waals surface area contributed by atoms with Gasteiger partial charge in [0, 0.05) is 25.4 Å². The van der Waals surface area contributed by atoms with Crippen LogP contribution in [0.5, 0.6) is 0 Å². The van der Waals surface area contributed by atoms with E-state index in [1.54, 1.807) is 0 Å². The minimum absolute atomic E-state index is 0.182. The first-order valence-electron chi connectivity index (χ1n) is 7.18. The van der Waals surface area contributed by atoms with Gasteiger partial charge in [-0.2, -0.15) is 0 Å². The second-order valence-electron chi connectivity index (χ2n) is 6.17. The van der Waals surface area contributed by atoms with Crippen LogP contribution in [0.25, 0.3) is 0 Å². The third kappa shape index (κ3) is 2.04. The van der Waals surface area contributed by atoms with Gasteiger partial charge in [0.2, 0.25) is 0 Å². The van der Waals surface area contributed by atoms with Crippen LogP contribution in [0.1, 0.15) is 51.4 Å². The van der Waals surface area contributed by atoms with Crippen LogP contribution in [0.4, 0.5) is 0 Å². The Morgan fingerprint density at radius 3 is 2.82 bits per heavy atom. The monoisotopic (exact) mass is 237 g/mol. The molecule has 2 saturated carbocycles. The molecule has 3 nitrogen and oxygen atoms in total. The van der Waals surface area contributed by atoms with Crippen LogP contribution in [0.2, 0.25) is 0 Å². The van der Waals surface area contributed by atoms with E-state index in [4.69, 9.17) is 0 Å². The first-order valence-corrected chi connectivity index (χ1v) is 7.18. The van der Waals surface area contributed by atoms with Crippen molar-refractivity contribution in [2.75, 3.05) is 13.1 Å². The van der Waals surface area contributed by atoms with Crippen LogP contribution in [0.15, 0.2) is 0 Å². The second kappa shape index (κ2) is 4.36. The number of fused-ring (bicyclic) bond motifs is 1. The van der Waals surface area contributed by atoms with E-state index in [2.05, 4.69) is 4.90 Å². The predicted molar refractivity (Wildman–Crippen MR) is 65.7 cm³/mol. The lowest BCUT2D eigenvalue weighted by Crippen LogP contribution is -2.56. The summed E-state index contributed by atoms with van der Waals surface area (Å²) in [5, 5.41) is 10.6. The Morgan fingerprint density at radius 1 is 1.18 bits per heavy atom. The average Bonchev–Trinajstić information content (AvgIpc) is 2.74. The standard InChI is InChI=1S/C14H23NO2/c16-13-6-3-5-12(13)15-9-8-14(17)7-2-1-4-11(14)10-15/h11-12,17H,1-10H2. The first-order chi connectivity index (χ1) is 8.19. The fraction of sp³-hybridized carbons (Fsp3) is 0.929. The van der Waals surface area contributed by atoms with Gasteiger partial charge in [0.05, 0.1) is 11.6 Å². The number of piperidine rings is 1. The number of nitrogens with zero attached hydrogens (tertiary/aromatic N) is 1. The van der Waals surface area contributed by atoms with E-state index >= 15 is 0 Å². The van der Waals surface area contributed by atoms with E-state index in [0.29, 0.717) is 11.7 Å². The zero-order valence-corrected chi connectivity index (χ0v) is 10.5. The summed E-state index contributed by atoms with van der Waals surface area (Å²) in [6.45, 7) is 1.87. The number of hydrogen-bond acceptors (Lipinski definition) is 3. The number of rotatable bonds is 1.